The van der Waals surface area contributed by atoms with E-state index in [1.54, 1.807) is 0 Å². The van der Waals surface area contributed by atoms with Crippen LogP contribution in [0.2, 0.25) is 0 Å². The summed E-state index contributed by atoms with van der Waals surface area (Å²) in [6.07, 6.45) is 24.1. The summed E-state index contributed by atoms with van der Waals surface area (Å²) in [5.74, 6) is -1.59. The number of esters is 2. The molecule has 0 aliphatic rings. The number of carbonyl (C=O) groups is 3. The molecule has 0 saturated heterocycles. The predicted octanol–water partition coefficient (Wildman–Crippen LogP) is 6.95. The van der Waals surface area contributed by atoms with Crippen LogP contribution < -0.4 is 0 Å². The Kier molecular flexibility index (Phi) is 28.5. The van der Waals surface area contributed by atoms with Crippen LogP contribution >= 0.6 is 0 Å². The third-order valence-electron chi connectivity index (χ3n) is 5.98. The van der Waals surface area contributed by atoms with Crippen molar-refractivity contribution in [2.24, 2.45) is 0 Å². The van der Waals surface area contributed by atoms with E-state index in [-0.39, 0.29) is 30.2 Å². The molecule has 0 bridgehead atoms. The molecule has 1 N–H and O–H groups in total. The second-order valence-corrected chi connectivity index (χ2v) is 9.21. The first kappa shape index (κ1) is 34.3. The van der Waals surface area contributed by atoms with Gasteiger partial charge < -0.3 is 9.84 Å². The summed E-state index contributed by atoms with van der Waals surface area (Å²) in [5, 5.41) is 8.56. The number of unbranched alkanes of at least 4 members (excludes halogenated alkanes) is 18. The zero-order chi connectivity index (χ0) is 23.7. The minimum Gasteiger partial charge on any atom is -0.481 e. The number of rotatable bonds is 24. The van der Waals surface area contributed by atoms with E-state index < -0.39 is 17.9 Å². The average Bonchev–Trinajstić information content (AvgIpc) is 2.75. The maximum absolute atomic E-state index is 11.7. The van der Waals surface area contributed by atoms with Gasteiger partial charge in [0.25, 0.3) is 0 Å². The van der Waals surface area contributed by atoms with E-state index in [4.69, 9.17) is 9.84 Å². The summed E-state index contributed by atoms with van der Waals surface area (Å²) in [6.45, 7) is 2.26. The van der Waals surface area contributed by atoms with Gasteiger partial charge in [-0.3, -0.25) is 14.4 Å². The van der Waals surface area contributed by atoms with Crippen molar-refractivity contribution in [3.8, 4) is 0 Å². The SMILES string of the molecule is CCCCCCCCCCCCCCCCCC(=O)OC(=O)CCCCCCCC(=O)O.[AlH3]. The molecule has 6 heteroatoms. The Morgan fingerprint density at radius 1 is 0.485 bits per heavy atom. The van der Waals surface area contributed by atoms with E-state index in [9.17, 15) is 14.4 Å². The molecule has 0 fully saturated rings. The highest BCUT2D eigenvalue weighted by molar-refractivity contribution is 5.85. The van der Waals surface area contributed by atoms with Crippen LogP contribution in [0.4, 0.5) is 0 Å². The zero-order valence-corrected chi connectivity index (χ0v) is 20.8. The lowest BCUT2D eigenvalue weighted by atomic mass is 10.0. The molecule has 0 atom stereocenters. The molecule has 0 aromatic carbocycles. The third-order valence-corrected chi connectivity index (χ3v) is 5.98. The highest BCUT2D eigenvalue weighted by Gasteiger charge is 2.10. The number of hydrogen-bond acceptors (Lipinski definition) is 4. The maximum Gasteiger partial charge on any atom is 0.313 e. The van der Waals surface area contributed by atoms with Gasteiger partial charge in [-0.1, -0.05) is 116 Å². The van der Waals surface area contributed by atoms with Gasteiger partial charge in [-0.15, -0.1) is 0 Å². The molecular formula is C27H53AlO5. The van der Waals surface area contributed by atoms with Gasteiger partial charge >= 0.3 is 17.9 Å². The van der Waals surface area contributed by atoms with Crippen molar-refractivity contribution in [2.45, 2.75) is 155 Å². The lowest BCUT2D eigenvalue weighted by molar-refractivity contribution is -0.159. The molecule has 5 nitrogen and oxygen atoms in total. The zero-order valence-electron chi connectivity index (χ0n) is 20.8. The van der Waals surface area contributed by atoms with Gasteiger partial charge in [-0.2, -0.15) is 0 Å². The lowest BCUT2D eigenvalue weighted by Gasteiger charge is -2.04. The molecule has 0 saturated carbocycles. The quantitative estimate of drug-likeness (QED) is 0.0694. The van der Waals surface area contributed by atoms with E-state index in [1.807, 2.05) is 0 Å². The van der Waals surface area contributed by atoms with Crippen molar-refractivity contribution in [1.29, 1.82) is 0 Å². The van der Waals surface area contributed by atoms with Crippen LogP contribution in [-0.4, -0.2) is 40.4 Å². The summed E-state index contributed by atoms with van der Waals surface area (Å²) in [7, 11) is 0. The number of aliphatic carboxylic acids is 1. The van der Waals surface area contributed by atoms with Gasteiger partial charge in [0, 0.05) is 19.3 Å². The Labute approximate surface area is 213 Å². The van der Waals surface area contributed by atoms with Crippen molar-refractivity contribution in [3.05, 3.63) is 0 Å². The van der Waals surface area contributed by atoms with Gasteiger partial charge in [-0.25, -0.2) is 0 Å². The molecule has 0 aliphatic carbocycles. The second kappa shape index (κ2) is 27.4. The average molecular weight is 485 g/mol. The van der Waals surface area contributed by atoms with Gasteiger partial charge in [0.2, 0.25) is 0 Å². The smallest absolute Gasteiger partial charge is 0.313 e. The lowest BCUT2D eigenvalue weighted by Crippen LogP contribution is -2.11. The molecule has 33 heavy (non-hydrogen) atoms. The van der Waals surface area contributed by atoms with E-state index in [2.05, 4.69) is 6.92 Å². The van der Waals surface area contributed by atoms with E-state index in [0.717, 1.165) is 38.5 Å². The Morgan fingerprint density at radius 3 is 1.06 bits per heavy atom. The van der Waals surface area contributed by atoms with Crippen molar-refractivity contribution in [3.63, 3.8) is 0 Å². The van der Waals surface area contributed by atoms with Gasteiger partial charge in [0.15, 0.2) is 17.4 Å². The Balaban J connectivity index is 0. The van der Waals surface area contributed by atoms with E-state index in [1.165, 1.54) is 77.0 Å². The number of carbonyl (C=O) groups excluding carboxylic acids is 2. The highest BCUT2D eigenvalue weighted by atomic mass is 27.0. The van der Waals surface area contributed by atoms with Crippen LogP contribution in [0.25, 0.3) is 0 Å². The Hall–Kier alpha value is -0.858. The van der Waals surface area contributed by atoms with Gasteiger partial charge in [-0.05, 0) is 19.3 Å². The standard InChI is InChI=1S/C27H50O5.Al.3H/c1-2-3-4-5-6-7-8-9-10-11-12-13-14-17-20-23-26(30)32-27(31)24-21-18-15-16-19-22-25(28)29;;;;/h2-24H2,1H3,(H,28,29);;;;. The first-order valence-corrected chi connectivity index (χ1v) is 13.5. The molecular weight excluding hydrogens is 431 g/mol. The molecule has 0 rings (SSSR count). The van der Waals surface area contributed by atoms with Crippen LogP contribution in [0.5, 0.6) is 0 Å². The minimum absolute atomic E-state index is 0. The molecule has 0 aliphatic heterocycles. The summed E-state index contributed by atoms with van der Waals surface area (Å²) in [4.78, 5) is 33.8. The largest absolute Gasteiger partial charge is 0.481 e. The van der Waals surface area contributed by atoms with Crippen molar-refractivity contribution in [2.75, 3.05) is 0 Å². The van der Waals surface area contributed by atoms with Gasteiger partial charge in [0.05, 0.1) is 0 Å². The fourth-order valence-corrected chi connectivity index (χ4v) is 3.95. The van der Waals surface area contributed by atoms with Crippen molar-refractivity contribution in [1.82, 2.24) is 0 Å². The number of carboxylic acid groups (broad SMARTS) is 1. The van der Waals surface area contributed by atoms with Crippen molar-refractivity contribution < 1.29 is 24.2 Å². The van der Waals surface area contributed by atoms with Crippen LogP contribution in [0.1, 0.15) is 155 Å². The molecule has 194 valence electrons. The number of ether oxygens (including phenoxy) is 1. The van der Waals surface area contributed by atoms with Crippen molar-refractivity contribution >= 4 is 35.3 Å². The first-order valence-electron chi connectivity index (χ1n) is 13.5. The predicted molar refractivity (Wildman–Crippen MR) is 141 cm³/mol. The van der Waals surface area contributed by atoms with E-state index >= 15 is 0 Å². The monoisotopic (exact) mass is 484 g/mol. The molecule has 0 radical (unpaired) electrons. The second-order valence-electron chi connectivity index (χ2n) is 9.21. The summed E-state index contributed by atoms with van der Waals surface area (Å²) < 4.78 is 4.87. The maximum atomic E-state index is 11.7. The summed E-state index contributed by atoms with van der Waals surface area (Å²) in [6, 6.07) is 0. The first-order chi connectivity index (χ1) is 15.6. The van der Waals surface area contributed by atoms with Crippen LogP contribution in [0, 0.1) is 0 Å². The fraction of sp³-hybridized carbons (Fsp3) is 0.889. The van der Waals surface area contributed by atoms with E-state index in [0.29, 0.717) is 19.3 Å². The number of carboxylic acids is 1. The molecule has 0 heterocycles. The summed E-state index contributed by atoms with van der Waals surface area (Å²) in [5.41, 5.74) is 0. The Bertz CT molecular complexity index is 467. The minimum atomic E-state index is -0.763. The Morgan fingerprint density at radius 2 is 0.758 bits per heavy atom. The number of hydrogen-bond donors (Lipinski definition) is 1. The van der Waals surface area contributed by atoms with Crippen LogP contribution in [0.15, 0.2) is 0 Å². The topological polar surface area (TPSA) is 80.7 Å². The molecule has 0 aromatic heterocycles. The summed E-state index contributed by atoms with van der Waals surface area (Å²) >= 11 is 0. The molecule has 0 unspecified atom stereocenters. The molecule has 0 aromatic rings. The normalized spacial score (nSPS) is 10.6. The van der Waals surface area contributed by atoms with Gasteiger partial charge in [0.1, 0.15) is 0 Å². The highest BCUT2D eigenvalue weighted by Crippen LogP contribution is 2.14. The molecule has 0 spiro atoms. The molecule has 0 amide bonds. The van der Waals surface area contributed by atoms with Crippen LogP contribution in [0.3, 0.4) is 0 Å². The third kappa shape index (κ3) is 29.1. The van der Waals surface area contributed by atoms with Crippen LogP contribution in [-0.2, 0) is 19.1 Å². The fourth-order valence-electron chi connectivity index (χ4n) is 3.95.